The van der Waals surface area contributed by atoms with Crippen LogP contribution in [0.5, 0.6) is 11.5 Å². The Labute approximate surface area is 194 Å². The molecule has 0 fully saturated rings. The fourth-order valence-corrected chi connectivity index (χ4v) is 3.22. The summed E-state index contributed by atoms with van der Waals surface area (Å²) in [6.45, 7) is 4.84. The van der Waals surface area contributed by atoms with Crippen LogP contribution in [0, 0.1) is 0 Å². The van der Waals surface area contributed by atoms with Crippen LogP contribution in [-0.4, -0.2) is 25.0 Å². The fraction of sp³-hybridized carbons (Fsp3) is 0.185. The molecule has 0 spiro atoms. The lowest BCUT2D eigenvalue weighted by Gasteiger charge is -2.18. The van der Waals surface area contributed by atoms with Crippen molar-refractivity contribution in [3.8, 4) is 11.5 Å². The van der Waals surface area contributed by atoms with Crippen molar-refractivity contribution in [2.75, 3.05) is 18.5 Å². The molecule has 0 radical (unpaired) electrons. The first-order valence-corrected chi connectivity index (χ1v) is 10.9. The van der Waals surface area contributed by atoms with Gasteiger partial charge in [0.2, 0.25) is 5.91 Å². The van der Waals surface area contributed by atoms with Gasteiger partial charge in [-0.15, -0.1) is 0 Å². The number of anilines is 1. The molecule has 0 aliphatic carbocycles. The number of rotatable bonds is 10. The van der Waals surface area contributed by atoms with Gasteiger partial charge in [-0.3, -0.25) is 9.59 Å². The second kappa shape index (κ2) is 12.1. The Hall–Kier alpha value is -4.06. The topological polar surface area (TPSA) is 76.7 Å². The highest BCUT2D eigenvalue weighted by molar-refractivity contribution is 6.00. The number of carbonyl (C=O) groups is 2. The third-order valence-electron chi connectivity index (χ3n) is 4.72. The summed E-state index contributed by atoms with van der Waals surface area (Å²) in [5.74, 6) is 0.557. The molecular weight excluding hydrogens is 416 g/mol. The van der Waals surface area contributed by atoms with Crippen molar-refractivity contribution in [1.29, 1.82) is 0 Å². The van der Waals surface area contributed by atoms with Gasteiger partial charge in [-0.1, -0.05) is 54.6 Å². The fourth-order valence-electron chi connectivity index (χ4n) is 3.22. The lowest BCUT2D eigenvalue weighted by Crippen LogP contribution is -2.36. The van der Waals surface area contributed by atoms with Crippen molar-refractivity contribution in [2.45, 2.75) is 19.9 Å². The van der Waals surface area contributed by atoms with Gasteiger partial charge >= 0.3 is 0 Å². The predicted octanol–water partition coefficient (Wildman–Crippen LogP) is 4.99. The Morgan fingerprint density at radius 3 is 2.15 bits per heavy atom. The van der Waals surface area contributed by atoms with Gasteiger partial charge in [0.05, 0.1) is 13.2 Å². The summed E-state index contributed by atoms with van der Waals surface area (Å²) in [6, 6.07) is 22.9. The molecule has 3 aromatic rings. The Morgan fingerprint density at radius 2 is 1.48 bits per heavy atom. The second-order valence-corrected chi connectivity index (χ2v) is 7.11. The summed E-state index contributed by atoms with van der Waals surface area (Å²) < 4.78 is 11.2. The maximum absolute atomic E-state index is 13.0. The van der Waals surface area contributed by atoms with Crippen LogP contribution in [0.3, 0.4) is 0 Å². The van der Waals surface area contributed by atoms with Crippen LogP contribution in [0.25, 0.3) is 6.08 Å². The van der Waals surface area contributed by atoms with Crippen LogP contribution in [-0.2, 0) is 9.59 Å². The molecule has 3 rings (SSSR count). The molecule has 0 heterocycles. The van der Waals surface area contributed by atoms with E-state index in [1.54, 1.807) is 30.3 Å². The average molecular weight is 445 g/mol. The van der Waals surface area contributed by atoms with Gasteiger partial charge < -0.3 is 20.1 Å². The maximum atomic E-state index is 13.0. The largest absolute Gasteiger partial charge is 0.490 e. The predicted molar refractivity (Wildman–Crippen MR) is 130 cm³/mol. The zero-order valence-electron chi connectivity index (χ0n) is 18.8. The minimum Gasteiger partial charge on any atom is -0.490 e. The lowest BCUT2D eigenvalue weighted by atomic mass is 10.1. The number of para-hydroxylation sites is 1. The highest BCUT2D eigenvalue weighted by atomic mass is 16.5. The first-order chi connectivity index (χ1) is 16.1. The normalized spacial score (nSPS) is 11.6. The molecule has 2 amide bonds. The minimum atomic E-state index is -0.845. The molecule has 2 N–H and O–H groups in total. The monoisotopic (exact) mass is 444 g/mol. The molecular formula is C27H28N2O4. The van der Waals surface area contributed by atoms with Crippen LogP contribution in [0.15, 0.2) is 84.9 Å². The molecule has 0 aromatic heterocycles. The van der Waals surface area contributed by atoms with Crippen molar-refractivity contribution in [2.24, 2.45) is 0 Å². The molecule has 0 saturated carbocycles. The number of amides is 2. The lowest BCUT2D eigenvalue weighted by molar-refractivity contribution is -0.123. The van der Waals surface area contributed by atoms with Gasteiger partial charge in [0.15, 0.2) is 11.5 Å². The van der Waals surface area contributed by atoms with Crippen molar-refractivity contribution in [1.82, 2.24) is 5.32 Å². The molecule has 6 heteroatoms. The quantitative estimate of drug-likeness (QED) is 0.432. The molecule has 0 saturated heterocycles. The van der Waals surface area contributed by atoms with Crippen molar-refractivity contribution >= 4 is 23.6 Å². The van der Waals surface area contributed by atoms with E-state index >= 15 is 0 Å². The van der Waals surface area contributed by atoms with Crippen LogP contribution >= 0.6 is 0 Å². The first kappa shape index (κ1) is 23.6. The molecule has 0 aliphatic heterocycles. The van der Waals surface area contributed by atoms with Gasteiger partial charge in [0, 0.05) is 11.8 Å². The Balaban J connectivity index is 1.75. The number of ether oxygens (including phenoxy) is 2. The molecule has 3 aromatic carbocycles. The Morgan fingerprint density at radius 1 is 0.848 bits per heavy atom. The van der Waals surface area contributed by atoms with Gasteiger partial charge in [0.25, 0.3) is 5.91 Å². The van der Waals surface area contributed by atoms with Gasteiger partial charge in [-0.05, 0) is 55.3 Å². The van der Waals surface area contributed by atoms with Crippen LogP contribution in [0.4, 0.5) is 5.69 Å². The summed E-state index contributed by atoms with van der Waals surface area (Å²) >= 11 is 0. The van der Waals surface area contributed by atoms with Gasteiger partial charge in [-0.25, -0.2) is 0 Å². The van der Waals surface area contributed by atoms with E-state index in [0.717, 1.165) is 5.56 Å². The number of nitrogens with one attached hydrogen (secondary N) is 2. The van der Waals surface area contributed by atoms with Crippen molar-refractivity contribution in [3.63, 3.8) is 0 Å². The number of benzene rings is 3. The molecule has 1 unspecified atom stereocenters. The third-order valence-corrected chi connectivity index (χ3v) is 4.72. The van der Waals surface area contributed by atoms with Crippen LogP contribution < -0.4 is 20.1 Å². The number of hydrogen-bond donors (Lipinski definition) is 2. The smallest absolute Gasteiger partial charge is 0.251 e. The van der Waals surface area contributed by atoms with E-state index < -0.39 is 6.04 Å². The molecule has 0 bridgehead atoms. The summed E-state index contributed by atoms with van der Waals surface area (Å²) in [5.41, 5.74) is 2.13. The van der Waals surface area contributed by atoms with Gasteiger partial charge in [0.1, 0.15) is 6.04 Å². The zero-order chi connectivity index (χ0) is 23.5. The van der Waals surface area contributed by atoms with Crippen LogP contribution in [0.2, 0.25) is 0 Å². The van der Waals surface area contributed by atoms with Gasteiger partial charge in [-0.2, -0.15) is 0 Å². The highest BCUT2D eigenvalue weighted by Crippen LogP contribution is 2.29. The second-order valence-electron chi connectivity index (χ2n) is 7.11. The van der Waals surface area contributed by atoms with Crippen LogP contribution in [0.1, 0.15) is 31.0 Å². The highest BCUT2D eigenvalue weighted by Gasteiger charge is 2.22. The summed E-state index contributed by atoms with van der Waals surface area (Å²) in [4.78, 5) is 25.7. The number of hydrogen-bond acceptors (Lipinski definition) is 4. The third kappa shape index (κ3) is 6.97. The van der Waals surface area contributed by atoms with E-state index in [0.29, 0.717) is 36.0 Å². The van der Waals surface area contributed by atoms with E-state index in [1.165, 1.54) is 6.08 Å². The average Bonchev–Trinajstić information content (AvgIpc) is 2.84. The molecule has 33 heavy (non-hydrogen) atoms. The van der Waals surface area contributed by atoms with E-state index in [4.69, 9.17) is 9.47 Å². The Kier molecular flexibility index (Phi) is 8.65. The van der Waals surface area contributed by atoms with E-state index in [9.17, 15) is 9.59 Å². The summed E-state index contributed by atoms with van der Waals surface area (Å²) in [5, 5.41) is 5.65. The van der Waals surface area contributed by atoms with E-state index in [2.05, 4.69) is 10.6 Å². The minimum absolute atomic E-state index is 0.325. The molecule has 6 nitrogen and oxygen atoms in total. The Bertz CT molecular complexity index is 1080. The van der Waals surface area contributed by atoms with Crippen molar-refractivity contribution < 1.29 is 19.1 Å². The molecule has 1 atom stereocenters. The van der Waals surface area contributed by atoms with Crippen molar-refractivity contribution in [3.05, 3.63) is 96.1 Å². The number of carbonyl (C=O) groups excluding carboxylic acids is 2. The summed E-state index contributed by atoms with van der Waals surface area (Å²) in [7, 11) is 0. The maximum Gasteiger partial charge on any atom is 0.251 e. The standard InChI is InChI=1S/C27H28N2O4/c1-3-32-23-17-15-20(19-24(23)33-4-2)16-18-25(30)29-26(21-11-7-5-8-12-21)27(31)28-22-13-9-6-10-14-22/h5-19,26H,3-4H2,1-2H3,(H,28,31)(H,29,30). The van der Waals surface area contributed by atoms with E-state index in [-0.39, 0.29) is 11.8 Å². The zero-order valence-corrected chi connectivity index (χ0v) is 18.8. The van der Waals surface area contributed by atoms with E-state index in [1.807, 2.05) is 68.4 Å². The summed E-state index contributed by atoms with van der Waals surface area (Å²) in [6.07, 6.45) is 3.07. The molecule has 170 valence electrons. The first-order valence-electron chi connectivity index (χ1n) is 10.9. The molecule has 0 aliphatic rings. The SMILES string of the molecule is CCOc1ccc(C=CC(=O)NC(C(=O)Nc2ccccc2)c2ccccc2)cc1OCC.